The van der Waals surface area contributed by atoms with Gasteiger partial charge in [-0.25, -0.2) is 9.65 Å². The van der Waals surface area contributed by atoms with Gasteiger partial charge in [0.15, 0.2) is 0 Å². The Labute approximate surface area is 43.0 Å². The average molecular weight is 120 g/mol. The van der Waals surface area contributed by atoms with Gasteiger partial charge in [-0.1, -0.05) is 0 Å². The highest BCUT2D eigenvalue weighted by Crippen LogP contribution is 2.19. The second-order valence-electron chi connectivity index (χ2n) is 1.35. The fourth-order valence-electron chi connectivity index (χ4n) is 0.436. The van der Waals surface area contributed by atoms with Gasteiger partial charge < -0.3 is 0 Å². The Morgan fingerprint density at radius 3 is 2.86 bits per heavy atom. The van der Waals surface area contributed by atoms with E-state index in [1.807, 2.05) is 0 Å². The van der Waals surface area contributed by atoms with Gasteiger partial charge in [0.05, 0.1) is 6.61 Å². The van der Waals surface area contributed by atoms with Gasteiger partial charge in [-0.05, 0) is 6.42 Å². The molecule has 1 N–H and O–H groups in total. The quantitative estimate of drug-likeness (QED) is 0.477. The van der Waals surface area contributed by atoms with Crippen molar-refractivity contribution in [2.45, 2.75) is 6.42 Å². The van der Waals surface area contributed by atoms with Gasteiger partial charge in [0.1, 0.15) is 0 Å². The molecule has 1 aliphatic heterocycles. The summed E-state index contributed by atoms with van der Waals surface area (Å²) in [6.07, 6.45) is 0.973. The first-order valence-electron chi connectivity index (χ1n) is 2.23. The molecule has 3 nitrogen and oxygen atoms in total. The zero-order valence-electron chi connectivity index (χ0n) is 3.89. The van der Waals surface area contributed by atoms with Crippen LogP contribution in [0, 0.1) is 0 Å². The highest BCUT2D eigenvalue weighted by Gasteiger charge is 2.04. The van der Waals surface area contributed by atoms with E-state index in [0.29, 0.717) is 6.61 Å². The van der Waals surface area contributed by atoms with E-state index < -0.39 is 8.18 Å². The predicted molar refractivity (Wildman–Crippen MR) is 26.2 cm³/mol. The summed E-state index contributed by atoms with van der Waals surface area (Å²) in [6, 6.07) is 0. The Morgan fingerprint density at radius 1 is 1.71 bits per heavy atom. The van der Waals surface area contributed by atoms with Crippen LogP contribution in [0.15, 0.2) is 0 Å². The molecule has 1 rings (SSSR count). The smallest absolute Gasteiger partial charge is 0.292 e. The summed E-state index contributed by atoms with van der Waals surface area (Å²) >= 11 is 0. The Morgan fingerprint density at radius 2 is 2.57 bits per heavy atom. The Bertz CT molecular complexity index is 77.0. The fourth-order valence-corrected chi connectivity index (χ4v) is 1.16. The molecule has 7 heavy (non-hydrogen) atoms. The Kier molecular flexibility index (Phi) is 1.74. The van der Waals surface area contributed by atoms with Crippen LogP contribution in [0.4, 0.5) is 0 Å². The number of rotatable bonds is 0. The molecule has 1 saturated heterocycles. The van der Waals surface area contributed by atoms with Gasteiger partial charge in [0, 0.05) is 6.54 Å². The van der Waals surface area contributed by atoms with Crippen molar-refractivity contribution in [3.05, 3.63) is 0 Å². The topological polar surface area (TPSA) is 38.3 Å². The molecule has 0 spiro atoms. The standard InChI is InChI=1S/C3H7NO2P/c5-7-4-2-1-3-6-7/h1-3H2,(H,4,5). The lowest BCUT2D eigenvalue weighted by Crippen LogP contribution is -2.14. The van der Waals surface area contributed by atoms with E-state index in [-0.39, 0.29) is 0 Å². The van der Waals surface area contributed by atoms with Gasteiger partial charge in [0.2, 0.25) is 0 Å². The lowest BCUT2D eigenvalue weighted by molar-refractivity contribution is 0.295. The first kappa shape index (κ1) is 5.16. The summed E-state index contributed by atoms with van der Waals surface area (Å²) in [6.45, 7) is 1.47. The van der Waals surface area contributed by atoms with Crippen molar-refractivity contribution in [3.63, 3.8) is 0 Å². The summed E-state index contributed by atoms with van der Waals surface area (Å²) in [5, 5.41) is 2.67. The van der Waals surface area contributed by atoms with Crippen molar-refractivity contribution in [2.75, 3.05) is 13.2 Å². The summed E-state index contributed by atoms with van der Waals surface area (Å²) in [5.41, 5.74) is 0. The molecule has 1 atom stereocenters. The molecule has 1 heterocycles. The van der Waals surface area contributed by atoms with Gasteiger partial charge in [0.25, 0.3) is 8.18 Å². The molecule has 0 amide bonds. The maximum absolute atomic E-state index is 10.3. The van der Waals surface area contributed by atoms with Crippen molar-refractivity contribution in [3.8, 4) is 0 Å². The van der Waals surface area contributed by atoms with Crippen LogP contribution < -0.4 is 5.09 Å². The van der Waals surface area contributed by atoms with E-state index in [4.69, 9.17) is 0 Å². The van der Waals surface area contributed by atoms with Crippen molar-refractivity contribution in [2.24, 2.45) is 0 Å². The minimum absolute atomic E-state index is 0.641. The summed E-state index contributed by atoms with van der Waals surface area (Å²) in [4.78, 5) is 0. The maximum Gasteiger partial charge on any atom is 0.294 e. The van der Waals surface area contributed by atoms with Gasteiger partial charge >= 0.3 is 0 Å². The van der Waals surface area contributed by atoms with Crippen LogP contribution >= 0.6 is 8.18 Å². The highest BCUT2D eigenvalue weighted by molar-refractivity contribution is 7.36. The first-order chi connectivity index (χ1) is 3.39. The molecule has 0 saturated carbocycles. The zero-order chi connectivity index (χ0) is 5.11. The Balaban J connectivity index is 2.25. The van der Waals surface area contributed by atoms with Crippen molar-refractivity contribution >= 4 is 8.18 Å². The van der Waals surface area contributed by atoms with E-state index >= 15 is 0 Å². The molecule has 0 aromatic rings. The van der Waals surface area contributed by atoms with Crippen LogP contribution in [0.25, 0.3) is 0 Å². The fraction of sp³-hybridized carbons (Fsp3) is 1.00. The highest BCUT2D eigenvalue weighted by atomic mass is 31.1. The van der Waals surface area contributed by atoms with Crippen LogP contribution in [-0.4, -0.2) is 13.2 Å². The molecule has 1 fully saturated rings. The molecule has 0 aromatic carbocycles. The molecule has 0 bridgehead atoms. The molecule has 0 aliphatic carbocycles. The molecule has 1 aliphatic rings. The molecule has 4 heteroatoms. The van der Waals surface area contributed by atoms with Gasteiger partial charge in [-0.3, -0.25) is 4.52 Å². The number of hydrogen-bond acceptors (Lipinski definition) is 2. The van der Waals surface area contributed by atoms with E-state index in [1.165, 1.54) is 0 Å². The lowest BCUT2D eigenvalue weighted by atomic mass is 10.5. The van der Waals surface area contributed by atoms with Gasteiger partial charge in [-0.2, -0.15) is 0 Å². The number of nitrogens with one attached hydrogen (secondary N) is 1. The third kappa shape index (κ3) is 1.51. The Hall–Kier alpha value is 0.0200. The molecule has 0 aromatic heterocycles. The minimum atomic E-state index is -1.49. The van der Waals surface area contributed by atoms with E-state index in [1.54, 1.807) is 0 Å². The van der Waals surface area contributed by atoms with Crippen LogP contribution in [0.5, 0.6) is 0 Å². The summed E-state index contributed by atoms with van der Waals surface area (Å²) in [7, 11) is -1.49. The predicted octanol–water partition coefficient (Wildman–Crippen LogP) is 0.654. The van der Waals surface area contributed by atoms with Crippen LogP contribution in [-0.2, 0) is 9.09 Å². The maximum atomic E-state index is 10.3. The third-order valence-corrected chi connectivity index (χ3v) is 1.67. The zero-order valence-corrected chi connectivity index (χ0v) is 4.78. The van der Waals surface area contributed by atoms with E-state index in [9.17, 15) is 4.57 Å². The molecular formula is C3H7NO2P. The average Bonchev–Trinajstić information content (AvgIpc) is 1.69. The van der Waals surface area contributed by atoms with Crippen molar-refractivity contribution in [1.82, 2.24) is 5.09 Å². The lowest BCUT2D eigenvalue weighted by Gasteiger charge is -2.08. The van der Waals surface area contributed by atoms with E-state index in [2.05, 4.69) is 9.61 Å². The monoisotopic (exact) mass is 120 g/mol. The number of hydrogen-bond donors (Lipinski definition) is 1. The normalized spacial score (nSPS) is 27.7. The molecule has 1 unspecified atom stereocenters. The summed E-state index contributed by atoms with van der Waals surface area (Å²) < 4.78 is 15.0. The van der Waals surface area contributed by atoms with Gasteiger partial charge in [-0.15, -0.1) is 0 Å². The molecule has 1 radical (unpaired) electrons. The van der Waals surface area contributed by atoms with Crippen molar-refractivity contribution < 1.29 is 9.09 Å². The minimum Gasteiger partial charge on any atom is -0.292 e. The van der Waals surface area contributed by atoms with Crippen molar-refractivity contribution in [1.29, 1.82) is 0 Å². The first-order valence-corrected chi connectivity index (χ1v) is 3.41. The largest absolute Gasteiger partial charge is 0.294 e. The SMILES string of the molecule is O=[P]1NCCCO1. The second-order valence-corrected chi connectivity index (χ2v) is 2.44. The molecular weight excluding hydrogens is 113 g/mol. The summed E-state index contributed by atoms with van der Waals surface area (Å²) in [5.74, 6) is 0. The van der Waals surface area contributed by atoms with Crippen LogP contribution in [0.3, 0.4) is 0 Å². The second kappa shape index (κ2) is 2.36. The molecule has 41 valence electrons. The van der Waals surface area contributed by atoms with E-state index in [0.717, 1.165) is 13.0 Å². The van der Waals surface area contributed by atoms with Crippen LogP contribution in [0.2, 0.25) is 0 Å². The van der Waals surface area contributed by atoms with Crippen LogP contribution in [0.1, 0.15) is 6.42 Å². The third-order valence-electron chi connectivity index (χ3n) is 0.771.